The molecule has 0 radical (unpaired) electrons. The van der Waals surface area contributed by atoms with E-state index in [1.807, 2.05) is 0 Å². The molecule has 0 N–H and O–H groups in total. The van der Waals surface area contributed by atoms with E-state index in [9.17, 15) is 0 Å². The zero-order valence-corrected chi connectivity index (χ0v) is 18.5. The lowest BCUT2D eigenvalue weighted by Crippen LogP contribution is -2.49. The van der Waals surface area contributed by atoms with Crippen LogP contribution in [0.15, 0.2) is 66.7 Å². The van der Waals surface area contributed by atoms with Crippen molar-refractivity contribution in [1.82, 2.24) is 0 Å². The van der Waals surface area contributed by atoms with Gasteiger partial charge in [0.2, 0.25) is 0 Å². The lowest BCUT2D eigenvalue weighted by molar-refractivity contribution is 0.993. The normalized spacial score (nSPS) is 16.7. The third-order valence-corrected chi connectivity index (χ3v) is 11.3. The molecule has 0 bridgehead atoms. The fraction of sp³-hybridized carbons (Fsp3) is 0.172. The minimum atomic E-state index is -1.74. The molecule has 144 valence electrons. The molecule has 0 amide bonds. The van der Waals surface area contributed by atoms with Crippen molar-refractivity contribution in [2.24, 2.45) is 0 Å². The van der Waals surface area contributed by atoms with Crippen molar-refractivity contribution in [2.75, 3.05) is 0 Å². The molecule has 0 saturated heterocycles. The summed E-state index contributed by atoms with van der Waals surface area (Å²) in [6, 6.07) is 23.3. The zero-order chi connectivity index (χ0) is 20.0. The number of benzene rings is 4. The summed E-state index contributed by atoms with van der Waals surface area (Å²) in [5.74, 6) is 0. The van der Waals surface area contributed by atoms with Crippen LogP contribution in [-0.2, 0) is 12.8 Å². The van der Waals surface area contributed by atoms with E-state index in [0.29, 0.717) is 0 Å². The summed E-state index contributed by atoms with van der Waals surface area (Å²) in [6.07, 6.45) is 8.17. The van der Waals surface area contributed by atoms with Gasteiger partial charge in [-0.25, -0.2) is 0 Å². The quantitative estimate of drug-likeness (QED) is 0.273. The largest absolute Gasteiger partial charge is 0.114 e. The third-order valence-electron chi connectivity index (χ3n) is 7.71. The van der Waals surface area contributed by atoms with Crippen molar-refractivity contribution in [3.8, 4) is 22.3 Å². The molecule has 30 heavy (non-hydrogen) atoms. The van der Waals surface area contributed by atoms with E-state index in [2.05, 4.69) is 85.9 Å². The maximum atomic E-state index is 2.56. The van der Waals surface area contributed by atoms with E-state index in [1.54, 1.807) is 21.5 Å². The first-order chi connectivity index (χ1) is 14.6. The second-order valence-corrected chi connectivity index (χ2v) is 13.9. The van der Waals surface area contributed by atoms with Crippen LogP contribution in [-0.4, -0.2) is 8.07 Å². The molecule has 0 unspecified atom stereocenters. The van der Waals surface area contributed by atoms with Crippen LogP contribution in [0.25, 0.3) is 39.1 Å². The Morgan fingerprint density at radius 3 is 2.47 bits per heavy atom. The highest BCUT2D eigenvalue weighted by atomic mass is 28.3. The first-order valence-electron chi connectivity index (χ1n) is 11.2. The van der Waals surface area contributed by atoms with Crippen molar-refractivity contribution >= 4 is 35.3 Å². The maximum Gasteiger partial charge on any atom is 0.114 e. The number of allylic oxidation sites excluding steroid dienone is 1. The van der Waals surface area contributed by atoms with Gasteiger partial charge in [0, 0.05) is 0 Å². The zero-order valence-electron chi connectivity index (χ0n) is 17.5. The number of fused-ring (bicyclic) bond motifs is 11. The predicted octanol–water partition coefficient (Wildman–Crippen LogP) is 6.17. The number of hydrogen-bond donors (Lipinski definition) is 0. The summed E-state index contributed by atoms with van der Waals surface area (Å²) in [5.41, 5.74) is 12.0. The average Bonchev–Trinajstić information content (AvgIpc) is 3.25. The molecule has 7 rings (SSSR count). The van der Waals surface area contributed by atoms with E-state index >= 15 is 0 Å². The van der Waals surface area contributed by atoms with Gasteiger partial charge in [-0.15, -0.1) is 0 Å². The summed E-state index contributed by atoms with van der Waals surface area (Å²) < 4.78 is 0. The Labute approximate surface area is 178 Å². The number of rotatable bonds is 0. The molecule has 0 spiro atoms. The standard InChI is InChI=1S/C29H24Si/c1-30(2)27-14-8-7-13-23(27)28-22-12-6-5-11-21(22)25-17-24-19(16-26(25)29(28)30)15-18-9-3-4-10-20(18)24/h3-5,7-11,13-14,16-17H,6,12,15H2,1-2H3. The molecular formula is C29H24Si. The summed E-state index contributed by atoms with van der Waals surface area (Å²) in [5, 5.41) is 6.30. The molecule has 1 heteroatoms. The molecule has 0 aromatic heterocycles. The summed E-state index contributed by atoms with van der Waals surface area (Å²) >= 11 is 0. The lowest BCUT2D eigenvalue weighted by atomic mass is 9.84. The second-order valence-electron chi connectivity index (χ2n) is 9.64. The van der Waals surface area contributed by atoms with E-state index in [-0.39, 0.29) is 0 Å². The highest BCUT2D eigenvalue weighted by Crippen LogP contribution is 2.44. The van der Waals surface area contributed by atoms with Gasteiger partial charge in [0.05, 0.1) is 0 Å². The van der Waals surface area contributed by atoms with Crippen LogP contribution in [0.4, 0.5) is 0 Å². The maximum absolute atomic E-state index is 2.56. The fourth-order valence-electron chi connectivity index (χ4n) is 6.40. The molecule has 0 nitrogen and oxygen atoms in total. The van der Waals surface area contributed by atoms with Crippen LogP contribution in [0.5, 0.6) is 0 Å². The predicted molar refractivity (Wildman–Crippen MR) is 132 cm³/mol. The Kier molecular flexibility index (Phi) is 3.15. The van der Waals surface area contributed by atoms with Gasteiger partial charge in [0.1, 0.15) is 8.07 Å². The molecule has 0 atom stereocenters. The molecule has 4 aromatic carbocycles. The van der Waals surface area contributed by atoms with Crippen LogP contribution < -0.4 is 10.4 Å². The van der Waals surface area contributed by atoms with Crippen molar-refractivity contribution in [3.05, 3.63) is 89.0 Å². The first-order valence-corrected chi connectivity index (χ1v) is 14.2. The smallest absolute Gasteiger partial charge is 0.0836 e. The van der Waals surface area contributed by atoms with Gasteiger partial charge < -0.3 is 0 Å². The number of hydrogen-bond acceptors (Lipinski definition) is 0. The lowest BCUT2D eigenvalue weighted by Gasteiger charge is -2.25. The molecule has 1 aliphatic heterocycles. The molecule has 2 aliphatic carbocycles. The van der Waals surface area contributed by atoms with Crippen LogP contribution in [0.2, 0.25) is 13.1 Å². The SMILES string of the molecule is C[Si]1(C)c2ccccc2-c2c3c(c4cc5c(cc4c21)Cc1ccccc1-5)C=CCC3. The summed E-state index contributed by atoms with van der Waals surface area (Å²) in [6.45, 7) is 5.12. The van der Waals surface area contributed by atoms with Crippen LogP contribution >= 0.6 is 0 Å². The van der Waals surface area contributed by atoms with Gasteiger partial charge >= 0.3 is 0 Å². The van der Waals surface area contributed by atoms with Crippen molar-refractivity contribution in [3.63, 3.8) is 0 Å². The van der Waals surface area contributed by atoms with Crippen molar-refractivity contribution in [2.45, 2.75) is 32.4 Å². The van der Waals surface area contributed by atoms with Gasteiger partial charge in [-0.05, 0) is 91.0 Å². The molecule has 3 aliphatic rings. The molecule has 4 aromatic rings. The minimum absolute atomic E-state index is 1.07. The molecule has 1 heterocycles. The Morgan fingerprint density at radius 1 is 0.767 bits per heavy atom. The van der Waals surface area contributed by atoms with Gasteiger partial charge in [-0.1, -0.05) is 79.8 Å². The average molecular weight is 401 g/mol. The molecule has 0 saturated carbocycles. The van der Waals surface area contributed by atoms with E-state index in [4.69, 9.17) is 0 Å². The van der Waals surface area contributed by atoms with E-state index < -0.39 is 8.07 Å². The minimum Gasteiger partial charge on any atom is -0.0836 e. The van der Waals surface area contributed by atoms with Gasteiger partial charge in [0.15, 0.2) is 0 Å². The topological polar surface area (TPSA) is 0 Å². The molecular weight excluding hydrogens is 376 g/mol. The Balaban J connectivity index is 1.66. The third kappa shape index (κ3) is 1.97. The Morgan fingerprint density at radius 2 is 1.57 bits per heavy atom. The highest BCUT2D eigenvalue weighted by molar-refractivity contribution is 7.05. The molecule has 0 fully saturated rings. The van der Waals surface area contributed by atoms with Crippen LogP contribution in [0.1, 0.15) is 28.7 Å². The second kappa shape index (κ2) is 5.62. The van der Waals surface area contributed by atoms with Gasteiger partial charge in [-0.3, -0.25) is 0 Å². The van der Waals surface area contributed by atoms with Crippen LogP contribution in [0, 0.1) is 0 Å². The van der Waals surface area contributed by atoms with Gasteiger partial charge in [-0.2, -0.15) is 0 Å². The fourth-order valence-corrected chi connectivity index (χ4v) is 9.86. The monoisotopic (exact) mass is 400 g/mol. The van der Waals surface area contributed by atoms with Crippen LogP contribution in [0.3, 0.4) is 0 Å². The Bertz CT molecular complexity index is 1430. The van der Waals surface area contributed by atoms with Gasteiger partial charge in [0.25, 0.3) is 0 Å². The van der Waals surface area contributed by atoms with Crippen molar-refractivity contribution < 1.29 is 0 Å². The summed E-state index contributed by atoms with van der Waals surface area (Å²) in [7, 11) is -1.74. The first kappa shape index (κ1) is 16.8. The van der Waals surface area contributed by atoms with Crippen molar-refractivity contribution in [1.29, 1.82) is 0 Å². The van der Waals surface area contributed by atoms with E-state index in [1.165, 1.54) is 44.2 Å². The Hall–Kier alpha value is -2.90. The summed E-state index contributed by atoms with van der Waals surface area (Å²) in [4.78, 5) is 0. The van der Waals surface area contributed by atoms with E-state index in [0.717, 1.165) is 19.3 Å². The highest BCUT2D eigenvalue weighted by Gasteiger charge is 2.41.